The van der Waals surface area contributed by atoms with Gasteiger partial charge in [-0.2, -0.15) is 0 Å². The first-order valence-corrected chi connectivity index (χ1v) is 4.88. The van der Waals surface area contributed by atoms with E-state index < -0.39 is 5.91 Å². The number of nitrogens with one attached hydrogen (secondary N) is 2. The fourth-order valence-corrected chi connectivity index (χ4v) is 0.795. The molecular formula is C9H19N3O3. The van der Waals surface area contributed by atoms with Gasteiger partial charge in [0.1, 0.15) is 6.61 Å². The molecule has 0 saturated carbocycles. The molecule has 0 spiro atoms. The zero-order valence-corrected chi connectivity index (χ0v) is 9.21. The summed E-state index contributed by atoms with van der Waals surface area (Å²) in [6, 6.07) is 0.280. The molecule has 0 radical (unpaired) electrons. The van der Waals surface area contributed by atoms with Gasteiger partial charge in [-0.05, 0) is 0 Å². The van der Waals surface area contributed by atoms with Crippen LogP contribution in [0, 0.1) is 0 Å². The maximum Gasteiger partial charge on any atom is 0.243 e. The third kappa shape index (κ3) is 10.8. The largest absolute Gasteiger partial charge is 0.370 e. The highest BCUT2D eigenvalue weighted by Crippen LogP contribution is 1.76. The number of carbonyl (C=O) groups excluding carboxylic acids is 2. The van der Waals surface area contributed by atoms with Crippen LogP contribution in [0.4, 0.5) is 0 Å². The minimum Gasteiger partial charge on any atom is -0.370 e. The fourth-order valence-electron chi connectivity index (χ4n) is 0.795. The lowest BCUT2D eigenvalue weighted by Crippen LogP contribution is -2.38. The van der Waals surface area contributed by atoms with E-state index in [0.717, 1.165) is 0 Å². The predicted molar refractivity (Wildman–Crippen MR) is 56.2 cm³/mol. The maximum atomic E-state index is 11.1. The van der Waals surface area contributed by atoms with E-state index in [0.29, 0.717) is 6.54 Å². The molecular weight excluding hydrogens is 198 g/mol. The SMILES string of the molecule is CC(C)NCC(=O)NCCOCC(N)=O. The molecule has 0 aromatic heterocycles. The third-order valence-corrected chi connectivity index (χ3v) is 1.48. The Morgan fingerprint density at radius 3 is 2.60 bits per heavy atom. The Labute approximate surface area is 89.5 Å². The summed E-state index contributed by atoms with van der Waals surface area (Å²) >= 11 is 0. The number of rotatable bonds is 8. The van der Waals surface area contributed by atoms with E-state index in [4.69, 9.17) is 10.5 Å². The summed E-state index contributed by atoms with van der Waals surface area (Å²) in [6.07, 6.45) is 0. The van der Waals surface area contributed by atoms with E-state index in [1.165, 1.54) is 0 Å². The number of nitrogens with two attached hydrogens (primary N) is 1. The lowest BCUT2D eigenvalue weighted by Gasteiger charge is -2.08. The Morgan fingerprint density at radius 2 is 2.07 bits per heavy atom. The molecule has 0 saturated heterocycles. The van der Waals surface area contributed by atoms with Gasteiger partial charge in [-0.3, -0.25) is 9.59 Å². The van der Waals surface area contributed by atoms with Crippen molar-refractivity contribution in [3.63, 3.8) is 0 Å². The highest BCUT2D eigenvalue weighted by molar-refractivity contribution is 5.78. The van der Waals surface area contributed by atoms with Crippen molar-refractivity contribution in [2.24, 2.45) is 5.73 Å². The average Bonchev–Trinajstić information content (AvgIpc) is 2.13. The molecule has 0 unspecified atom stereocenters. The van der Waals surface area contributed by atoms with Crippen LogP contribution in [-0.4, -0.2) is 44.2 Å². The lowest BCUT2D eigenvalue weighted by molar-refractivity contribution is -0.122. The second-order valence-electron chi connectivity index (χ2n) is 3.40. The topological polar surface area (TPSA) is 93.4 Å². The standard InChI is InChI=1S/C9H19N3O3/c1-7(2)12-5-9(14)11-3-4-15-6-8(10)13/h7,12H,3-6H2,1-2H3,(H2,10,13)(H,11,14). The van der Waals surface area contributed by atoms with Gasteiger partial charge in [-0.15, -0.1) is 0 Å². The van der Waals surface area contributed by atoms with Crippen LogP contribution in [0.2, 0.25) is 0 Å². The second kappa shape index (κ2) is 8.19. The summed E-state index contributed by atoms with van der Waals surface area (Å²) in [6.45, 7) is 4.77. The zero-order valence-electron chi connectivity index (χ0n) is 9.21. The molecule has 0 aliphatic rings. The fraction of sp³-hybridized carbons (Fsp3) is 0.778. The van der Waals surface area contributed by atoms with Gasteiger partial charge in [0, 0.05) is 12.6 Å². The number of hydrogen-bond acceptors (Lipinski definition) is 4. The first kappa shape index (κ1) is 13.9. The van der Waals surface area contributed by atoms with Crippen LogP contribution in [-0.2, 0) is 14.3 Å². The molecule has 0 aromatic carbocycles. The molecule has 0 atom stereocenters. The highest BCUT2D eigenvalue weighted by atomic mass is 16.5. The van der Waals surface area contributed by atoms with Gasteiger partial charge >= 0.3 is 0 Å². The summed E-state index contributed by atoms with van der Waals surface area (Å²) < 4.78 is 4.86. The number of amides is 2. The van der Waals surface area contributed by atoms with Crippen molar-refractivity contribution in [2.75, 3.05) is 26.3 Å². The van der Waals surface area contributed by atoms with Crippen LogP contribution in [0.5, 0.6) is 0 Å². The van der Waals surface area contributed by atoms with E-state index in [9.17, 15) is 9.59 Å². The Bertz CT molecular complexity index is 207. The quantitative estimate of drug-likeness (QED) is 0.436. The Morgan fingerprint density at radius 1 is 1.40 bits per heavy atom. The van der Waals surface area contributed by atoms with Gasteiger partial charge in [0.25, 0.3) is 0 Å². The van der Waals surface area contributed by atoms with Crippen LogP contribution in [0.3, 0.4) is 0 Å². The van der Waals surface area contributed by atoms with Crippen LogP contribution < -0.4 is 16.4 Å². The Balaban J connectivity index is 3.28. The van der Waals surface area contributed by atoms with Crippen LogP contribution in [0.1, 0.15) is 13.8 Å². The van der Waals surface area contributed by atoms with E-state index in [1.54, 1.807) is 0 Å². The number of hydrogen-bond donors (Lipinski definition) is 3. The molecule has 88 valence electrons. The summed E-state index contributed by atoms with van der Waals surface area (Å²) in [5.41, 5.74) is 4.85. The molecule has 0 fully saturated rings. The van der Waals surface area contributed by atoms with Crippen LogP contribution in [0.15, 0.2) is 0 Å². The molecule has 4 N–H and O–H groups in total. The maximum absolute atomic E-state index is 11.1. The molecule has 0 heterocycles. The molecule has 0 aromatic rings. The lowest BCUT2D eigenvalue weighted by atomic mass is 10.4. The molecule has 15 heavy (non-hydrogen) atoms. The zero-order chi connectivity index (χ0) is 11.7. The average molecular weight is 217 g/mol. The molecule has 0 aliphatic heterocycles. The van der Waals surface area contributed by atoms with Gasteiger partial charge < -0.3 is 21.1 Å². The van der Waals surface area contributed by atoms with Gasteiger partial charge in [-0.25, -0.2) is 0 Å². The van der Waals surface area contributed by atoms with Gasteiger partial charge in [0.15, 0.2) is 0 Å². The van der Waals surface area contributed by atoms with Crippen molar-refractivity contribution in [1.29, 1.82) is 0 Å². The van der Waals surface area contributed by atoms with Crippen LogP contribution >= 0.6 is 0 Å². The van der Waals surface area contributed by atoms with Crippen molar-refractivity contribution < 1.29 is 14.3 Å². The van der Waals surface area contributed by atoms with E-state index in [-0.39, 0.29) is 31.7 Å². The van der Waals surface area contributed by atoms with E-state index >= 15 is 0 Å². The van der Waals surface area contributed by atoms with Crippen LogP contribution in [0.25, 0.3) is 0 Å². The highest BCUT2D eigenvalue weighted by Gasteiger charge is 2.01. The van der Waals surface area contributed by atoms with Crippen molar-refractivity contribution in [2.45, 2.75) is 19.9 Å². The molecule has 2 amide bonds. The van der Waals surface area contributed by atoms with Gasteiger partial charge in [0.2, 0.25) is 11.8 Å². The smallest absolute Gasteiger partial charge is 0.243 e. The summed E-state index contributed by atoms with van der Waals surface area (Å²) in [7, 11) is 0. The van der Waals surface area contributed by atoms with E-state index in [1.807, 2.05) is 13.8 Å². The minimum atomic E-state index is -0.511. The Kier molecular flexibility index (Phi) is 7.57. The molecule has 0 bridgehead atoms. The minimum absolute atomic E-state index is 0.0913. The van der Waals surface area contributed by atoms with Gasteiger partial charge in [0.05, 0.1) is 13.2 Å². The Hall–Kier alpha value is -1.14. The van der Waals surface area contributed by atoms with Crippen molar-refractivity contribution in [1.82, 2.24) is 10.6 Å². The summed E-state index contributed by atoms with van der Waals surface area (Å²) in [5, 5.41) is 5.61. The summed E-state index contributed by atoms with van der Waals surface area (Å²) in [5.74, 6) is -0.603. The number of ether oxygens (including phenoxy) is 1. The molecule has 6 heteroatoms. The van der Waals surface area contributed by atoms with E-state index in [2.05, 4.69) is 10.6 Å². The normalized spacial score (nSPS) is 10.3. The number of primary amides is 1. The monoisotopic (exact) mass is 217 g/mol. The molecule has 0 rings (SSSR count). The predicted octanol–water partition coefficient (Wildman–Crippen LogP) is -1.40. The third-order valence-electron chi connectivity index (χ3n) is 1.48. The first-order valence-electron chi connectivity index (χ1n) is 4.88. The van der Waals surface area contributed by atoms with Crippen molar-refractivity contribution >= 4 is 11.8 Å². The van der Waals surface area contributed by atoms with Crippen molar-refractivity contribution in [3.8, 4) is 0 Å². The molecule has 6 nitrogen and oxygen atoms in total. The van der Waals surface area contributed by atoms with Gasteiger partial charge in [-0.1, -0.05) is 13.8 Å². The number of carbonyl (C=O) groups is 2. The second-order valence-corrected chi connectivity index (χ2v) is 3.40. The van der Waals surface area contributed by atoms with Crippen molar-refractivity contribution in [3.05, 3.63) is 0 Å². The molecule has 0 aliphatic carbocycles. The first-order chi connectivity index (χ1) is 7.02. The summed E-state index contributed by atoms with van der Waals surface area (Å²) in [4.78, 5) is 21.4.